The zero-order valence-corrected chi connectivity index (χ0v) is 13.5. The first-order chi connectivity index (χ1) is 11.8. The first-order valence-electron chi connectivity index (χ1n) is 7.22. The molecule has 0 aliphatic rings. The summed E-state index contributed by atoms with van der Waals surface area (Å²) in [7, 11) is 0. The predicted molar refractivity (Wildman–Crippen MR) is 90.9 cm³/mol. The van der Waals surface area contributed by atoms with Crippen LogP contribution in [-0.2, 0) is 11.3 Å². The van der Waals surface area contributed by atoms with Gasteiger partial charge in [0.2, 0.25) is 0 Å². The zero-order chi connectivity index (χ0) is 16.8. The van der Waals surface area contributed by atoms with E-state index >= 15 is 0 Å². The summed E-state index contributed by atoms with van der Waals surface area (Å²) in [5, 5.41) is 18.0. The third-order valence-electron chi connectivity index (χ3n) is 3.24. The lowest BCUT2D eigenvalue weighted by Gasteiger charge is -2.10. The number of nitrogens with one attached hydrogen (secondary N) is 1. The standard InChI is InChI=1S/C17H14N4O2S/c18-10-13-4-1-2-6-15(13)23-12-17(22)20-16-7-8-19-21(16)11-14-5-3-9-24-14/h1-9H,11-12H2,(H,20,22). The van der Waals surface area contributed by atoms with Crippen molar-refractivity contribution in [2.45, 2.75) is 6.54 Å². The minimum Gasteiger partial charge on any atom is -0.482 e. The largest absolute Gasteiger partial charge is 0.482 e. The van der Waals surface area contributed by atoms with Crippen molar-refractivity contribution in [2.24, 2.45) is 0 Å². The second-order valence-electron chi connectivity index (χ2n) is 4.90. The lowest BCUT2D eigenvalue weighted by molar-refractivity contribution is -0.118. The van der Waals surface area contributed by atoms with Crippen molar-refractivity contribution >= 4 is 23.1 Å². The number of anilines is 1. The molecule has 0 atom stereocenters. The molecular weight excluding hydrogens is 324 g/mol. The quantitative estimate of drug-likeness (QED) is 0.749. The summed E-state index contributed by atoms with van der Waals surface area (Å²) in [6.45, 7) is 0.418. The number of aromatic nitrogens is 2. The van der Waals surface area contributed by atoms with Gasteiger partial charge in [0.15, 0.2) is 6.61 Å². The van der Waals surface area contributed by atoms with Gasteiger partial charge in [-0.1, -0.05) is 18.2 Å². The van der Waals surface area contributed by atoms with Gasteiger partial charge in [0.1, 0.15) is 17.6 Å². The van der Waals surface area contributed by atoms with Crippen LogP contribution < -0.4 is 10.1 Å². The van der Waals surface area contributed by atoms with Gasteiger partial charge in [-0.05, 0) is 23.6 Å². The molecule has 0 fully saturated rings. The highest BCUT2D eigenvalue weighted by molar-refractivity contribution is 7.09. The number of ether oxygens (including phenoxy) is 1. The van der Waals surface area contributed by atoms with E-state index in [4.69, 9.17) is 10.00 Å². The molecule has 2 heterocycles. The summed E-state index contributed by atoms with van der Waals surface area (Å²) >= 11 is 1.63. The molecule has 0 aliphatic heterocycles. The van der Waals surface area contributed by atoms with Gasteiger partial charge < -0.3 is 10.1 Å². The van der Waals surface area contributed by atoms with Crippen molar-refractivity contribution < 1.29 is 9.53 Å². The Kier molecular flexibility index (Phi) is 4.89. The van der Waals surface area contributed by atoms with E-state index in [1.54, 1.807) is 52.5 Å². The third kappa shape index (κ3) is 3.80. The van der Waals surface area contributed by atoms with Crippen LogP contribution in [0, 0.1) is 11.3 Å². The minimum atomic E-state index is -0.310. The Balaban J connectivity index is 1.60. The highest BCUT2D eigenvalue weighted by Crippen LogP contribution is 2.17. The van der Waals surface area contributed by atoms with Crippen LogP contribution in [0.4, 0.5) is 5.82 Å². The van der Waals surface area contributed by atoms with Crippen molar-refractivity contribution in [2.75, 3.05) is 11.9 Å². The van der Waals surface area contributed by atoms with Crippen LogP contribution in [0.5, 0.6) is 5.75 Å². The molecule has 3 rings (SSSR count). The van der Waals surface area contributed by atoms with E-state index < -0.39 is 0 Å². The van der Waals surface area contributed by atoms with Crippen LogP contribution >= 0.6 is 11.3 Å². The first kappa shape index (κ1) is 15.8. The molecule has 0 saturated heterocycles. The molecule has 6 nitrogen and oxygen atoms in total. The lowest BCUT2D eigenvalue weighted by atomic mass is 10.2. The summed E-state index contributed by atoms with van der Waals surface area (Å²) in [6.07, 6.45) is 1.63. The minimum absolute atomic E-state index is 0.178. The number of para-hydroxylation sites is 1. The zero-order valence-electron chi connectivity index (χ0n) is 12.7. The molecule has 0 bridgehead atoms. The second kappa shape index (κ2) is 7.44. The van der Waals surface area contributed by atoms with Gasteiger partial charge in [0, 0.05) is 10.9 Å². The van der Waals surface area contributed by atoms with E-state index in [0.717, 1.165) is 4.88 Å². The molecule has 0 aliphatic carbocycles. The molecule has 7 heteroatoms. The maximum atomic E-state index is 12.1. The Labute approximate surface area is 142 Å². The van der Waals surface area contributed by atoms with Crippen molar-refractivity contribution in [1.82, 2.24) is 9.78 Å². The molecule has 1 aromatic carbocycles. The molecular formula is C17H14N4O2S. The molecule has 24 heavy (non-hydrogen) atoms. The van der Waals surface area contributed by atoms with Crippen LogP contribution in [-0.4, -0.2) is 22.3 Å². The van der Waals surface area contributed by atoms with E-state index in [1.807, 2.05) is 23.6 Å². The normalized spacial score (nSPS) is 10.1. The fourth-order valence-corrected chi connectivity index (χ4v) is 2.81. The third-order valence-corrected chi connectivity index (χ3v) is 4.10. The Bertz CT molecular complexity index is 865. The Morgan fingerprint density at radius 2 is 2.17 bits per heavy atom. The highest BCUT2D eigenvalue weighted by Gasteiger charge is 2.10. The van der Waals surface area contributed by atoms with Crippen LogP contribution in [0.1, 0.15) is 10.4 Å². The number of benzene rings is 1. The van der Waals surface area contributed by atoms with Gasteiger partial charge in [-0.25, -0.2) is 4.68 Å². The van der Waals surface area contributed by atoms with Gasteiger partial charge in [0.25, 0.3) is 5.91 Å². The van der Waals surface area contributed by atoms with Crippen LogP contribution in [0.15, 0.2) is 54.0 Å². The number of hydrogen-bond donors (Lipinski definition) is 1. The number of nitriles is 1. The SMILES string of the molecule is N#Cc1ccccc1OCC(=O)Nc1ccnn1Cc1cccs1. The van der Waals surface area contributed by atoms with Crippen molar-refractivity contribution in [1.29, 1.82) is 5.26 Å². The van der Waals surface area contributed by atoms with E-state index in [-0.39, 0.29) is 12.5 Å². The van der Waals surface area contributed by atoms with Gasteiger partial charge in [-0.3, -0.25) is 4.79 Å². The maximum Gasteiger partial charge on any atom is 0.263 e. The summed E-state index contributed by atoms with van der Waals surface area (Å²) in [5.74, 6) is 0.684. The van der Waals surface area contributed by atoms with Crippen molar-refractivity contribution in [3.05, 3.63) is 64.5 Å². The molecule has 3 aromatic rings. The van der Waals surface area contributed by atoms with Crippen LogP contribution in [0.3, 0.4) is 0 Å². The summed E-state index contributed by atoms with van der Waals surface area (Å²) < 4.78 is 7.14. The molecule has 120 valence electrons. The molecule has 0 spiro atoms. The number of amides is 1. The van der Waals surface area contributed by atoms with E-state index in [0.29, 0.717) is 23.7 Å². The van der Waals surface area contributed by atoms with Crippen LogP contribution in [0.2, 0.25) is 0 Å². The van der Waals surface area contributed by atoms with Crippen molar-refractivity contribution in [3.8, 4) is 11.8 Å². The molecule has 0 unspecified atom stereocenters. The molecule has 0 radical (unpaired) electrons. The predicted octanol–water partition coefficient (Wildman–Crippen LogP) is 2.88. The maximum absolute atomic E-state index is 12.1. The fourth-order valence-electron chi connectivity index (χ4n) is 2.12. The molecule has 1 N–H and O–H groups in total. The van der Waals surface area contributed by atoms with Gasteiger partial charge in [0.05, 0.1) is 18.3 Å². The second-order valence-corrected chi connectivity index (χ2v) is 5.93. The van der Waals surface area contributed by atoms with E-state index in [9.17, 15) is 4.79 Å². The van der Waals surface area contributed by atoms with Gasteiger partial charge in [-0.15, -0.1) is 11.3 Å². The monoisotopic (exact) mass is 338 g/mol. The van der Waals surface area contributed by atoms with Gasteiger partial charge in [-0.2, -0.15) is 10.4 Å². The van der Waals surface area contributed by atoms with Crippen LogP contribution in [0.25, 0.3) is 0 Å². The average molecular weight is 338 g/mol. The smallest absolute Gasteiger partial charge is 0.263 e. The molecule has 0 saturated carbocycles. The Morgan fingerprint density at radius 1 is 1.29 bits per heavy atom. The average Bonchev–Trinajstić information content (AvgIpc) is 3.26. The Hall–Kier alpha value is -3.11. The molecule has 1 amide bonds. The topological polar surface area (TPSA) is 79.9 Å². The number of carbonyl (C=O) groups excluding carboxylic acids is 1. The van der Waals surface area contributed by atoms with Crippen molar-refractivity contribution in [3.63, 3.8) is 0 Å². The summed E-state index contributed by atoms with van der Waals surface area (Å²) in [5.41, 5.74) is 0.396. The number of thiophene rings is 1. The number of hydrogen-bond acceptors (Lipinski definition) is 5. The first-order valence-corrected chi connectivity index (χ1v) is 8.10. The lowest BCUT2D eigenvalue weighted by Crippen LogP contribution is -2.22. The number of carbonyl (C=O) groups is 1. The summed E-state index contributed by atoms with van der Waals surface area (Å²) in [4.78, 5) is 13.2. The fraction of sp³-hybridized carbons (Fsp3) is 0.118. The number of rotatable bonds is 6. The van der Waals surface area contributed by atoms with E-state index in [1.165, 1.54) is 0 Å². The highest BCUT2D eigenvalue weighted by atomic mass is 32.1. The Morgan fingerprint density at radius 3 is 2.96 bits per heavy atom. The summed E-state index contributed by atoms with van der Waals surface area (Å²) in [6, 6.07) is 14.5. The van der Waals surface area contributed by atoms with Gasteiger partial charge >= 0.3 is 0 Å². The number of nitrogens with zero attached hydrogens (tertiary/aromatic N) is 3. The van der Waals surface area contributed by atoms with E-state index in [2.05, 4.69) is 10.4 Å². The molecule has 2 aromatic heterocycles.